The van der Waals surface area contributed by atoms with E-state index in [0.29, 0.717) is 34.1 Å². The maximum Gasteiger partial charge on any atom is 0.255 e. The first kappa shape index (κ1) is 24.0. The lowest BCUT2D eigenvalue weighted by molar-refractivity contribution is -0.144. The van der Waals surface area contributed by atoms with Crippen molar-refractivity contribution in [2.75, 3.05) is 10.6 Å². The Balaban J connectivity index is 1.19. The second-order valence-corrected chi connectivity index (χ2v) is 12.4. The van der Waals surface area contributed by atoms with Crippen LogP contribution in [0.4, 0.5) is 11.4 Å². The number of benzene rings is 2. The highest BCUT2D eigenvalue weighted by atomic mass is 32.1. The van der Waals surface area contributed by atoms with E-state index in [9.17, 15) is 9.59 Å². The van der Waals surface area contributed by atoms with Crippen LogP contribution in [0, 0.1) is 23.2 Å². The van der Waals surface area contributed by atoms with E-state index in [1.165, 1.54) is 24.8 Å². The zero-order valence-corrected chi connectivity index (χ0v) is 21.6. The molecule has 2 aromatic rings. The number of thiocarbonyl (C=S) groups is 1. The van der Waals surface area contributed by atoms with Gasteiger partial charge in [-0.15, -0.1) is 0 Å². The van der Waals surface area contributed by atoms with Crippen molar-refractivity contribution >= 4 is 40.5 Å². The summed E-state index contributed by atoms with van der Waals surface area (Å²) in [6.45, 7) is 6.45. The summed E-state index contributed by atoms with van der Waals surface area (Å²) >= 11 is 5.49. The second kappa shape index (κ2) is 9.05. The van der Waals surface area contributed by atoms with Gasteiger partial charge in [0.15, 0.2) is 5.11 Å². The number of hydrogen-bond acceptors (Lipinski definition) is 3. The standard InChI is InChI=1S/C29H35N3O2S/c1-28(2,3)22-9-7-21(8-10-22)25(33)30-23-5-4-6-24(14-23)31-27(35)32-26(34)29-15-18-11-19(16-29)13-20(12-18)17-29/h4-10,14,18-20H,11-13,15-17H2,1-3H3,(H,30,33)(H2,31,32,34,35). The molecule has 4 bridgehead atoms. The van der Waals surface area contributed by atoms with Gasteiger partial charge in [-0.25, -0.2) is 0 Å². The number of amides is 2. The summed E-state index contributed by atoms with van der Waals surface area (Å²) < 4.78 is 0. The van der Waals surface area contributed by atoms with Crippen molar-refractivity contribution in [3.05, 3.63) is 59.7 Å². The first-order valence-corrected chi connectivity index (χ1v) is 13.1. The first-order valence-electron chi connectivity index (χ1n) is 12.7. The summed E-state index contributed by atoms with van der Waals surface area (Å²) in [6.07, 6.45) is 6.92. The molecule has 6 rings (SSSR count). The van der Waals surface area contributed by atoms with Gasteiger partial charge in [0.05, 0.1) is 5.41 Å². The molecule has 0 radical (unpaired) electrons. The van der Waals surface area contributed by atoms with E-state index in [-0.39, 0.29) is 22.6 Å². The fraction of sp³-hybridized carbons (Fsp3) is 0.483. The summed E-state index contributed by atoms with van der Waals surface area (Å²) in [5.41, 5.74) is 2.98. The Bertz CT molecular complexity index is 1110. The van der Waals surface area contributed by atoms with Crippen LogP contribution in [-0.4, -0.2) is 16.9 Å². The number of anilines is 2. The van der Waals surface area contributed by atoms with Crippen LogP contribution in [-0.2, 0) is 10.2 Å². The Morgan fingerprint density at radius 3 is 1.94 bits per heavy atom. The maximum absolute atomic E-state index is 13.3. The smallest absolute Gasteiger partial charge is 0.255 e. The van der Waals surface area contributed by atoms with Gasteiger partial charge in [-0.2, -0.15) is 0 Å². The van der Waals surface area contributed by atoms with Crippen LogP contribution in [0.25, 0.3) is 0 Å². The highest BCUT2D eigenvalue weighted by Crippen LogP contribution is 2.60. The molecule has 0 spiro atoms. The van der Waals surface area contributed by atoms with Crippen LogP contribution >= 0.6 is 12.2 Å². The van der Waals surface area contributed by atoms with Gasteiger partial charge >= 0.3 is 0 Å². The second-order valence-electron chi connectivity index (χ2n) is 12.0. The third-order valence-corrected chi connectivity index (χ3v) is 8.34. The molecule has 0 atom stereocenters. The van der Waals surface area contributed by atoms with E-state index in [4.69, 9.17) is 12.2 Å². The summed E-state index contributed by atoms with van der Waals surface area (Å²) in [7, 11) is 0. The minimum Gasteiger partial charge on any atom is -0.332 e. The van der Waals surface area contributed by atoms with E-state index < -0.39 is 0 Å². The van der Waals surface area contributed by atoms with Crippen molar-refractivity contribution in [2.45, 2.75) is 64.7 Å². The Kier molecular flexibility index (Phi) is 6.20. The average molecular weight is 490 g/mol. The number of hydrogen-bond donors (Lipinski definition) is 3. The highest BCUT2D eigenvalue weighted by Gasteiger charge is 2.54. The molecule has 5 nitrogen and oxygen atoms in total. The zero-order valence-electron chi connectivity index (χ0n) is 20.8. The summed E-state index contributed by atoms with van der Waals surface area (Å²) in [6, 6.07) is 15.1. The van der Waals surface area contributed by atoms with Gasteiger partial charge in [-0.3, -0.25) is 9.59 Å². The molecule has 4 aliphatic rings. The maximum atomic E-state index is 13.3. The summed E-state index contributed by atoms with van der Waals surface area (Å²) in [5.74, 6) is 2.04. The summed E-state index contributed by atoms with van der Waals surface area (Å²) in [5, 5.41) is 9.38. The van der Waals surface area contributed by atoms with Crippen LogP contribution in [0.1, 0.15) is 75.2 Å². The molecule has 35 heavy (non-hydrogen) atoms. The molecular formula is C29H35N3O2S. The molecule has 3 N–H and O–H groups in total. The number of nitrogens with one attached hydrogen (secondary N) is 3. The molecule has 6 heteroatoms. The Labute approximate surface area is 213 Å². The van der Waals surface area contributed by atoms with E-state index in [1.807, 2.05) is 48.5 Å². The Morgan fingerprint density at radius 2 is 1.40 bits per heavy atom. The third-order valence-electron chi connectivity index (χ3n) is 8.14. The van der Waals surface area contributed by atoms with Crippen molar-refractivity contribution in [3.8, 4) is 0 Å². The SMILES string of the molecule is CC(C)(C)c1ccc(C(=O)Nc2cccc(NC(=S)NC(=O)C34CC5CC(CC(C5)C3)C4)c2)cc1. The lowest BCUT2D eigenvalue weighted by atomic mass is 9.49. The van der Waals surface area contributed by atoms with Crippen LogP contribution in [0.5, 0.6) is 0 Å². The lowest BCUT2D eigenvalue weighted by Gasteiger charge is -2.55. The molecule has 2 aromatic carbocycles. The van der Waals surface area contributed by atoms with Crippen LogP contribution < -0.4 is 16.0 Å². The van der Waals surface area contributed by atoms with Crippen LogP contribution in [0.2, 0.25) is 0 Å². The predicted molar refractivity (Wildman–Crippen MR) is 145 cm³/mol. The molecule has 4 aliphatic carbocycles. The lowest BCUT2D eigenvalue weighted by Crippen LogP contribution is -2.55. The normalized spacial score (nSPS) is 26.8. The monoisotopic (exact) mass is 489 g/mol. The fourth-order valence-corrected chi connectivity index (χ4v) is 7.00. The average Bonchev–Trinajstić information content (AvgIpc) is 2.78. The van der Waals surface area contributed by atoms with E-state index in [0.717, 1.165) is 24.9 Å². The van der Waals surface area contributed by atoms with Crippen molar-refractivity contribution in [1.82, 2.24) is 5.32 Å². The first-order chi connectivity index (χ1) is 16.6. The minimum atomic E-state index is -0.237. The van der Waals surface area contributed by atoms with Crippen molar-refractivity contribution in [2.24, 2.45) is 23.2 Å². The van der Waals surface area contributed by atoms with E-state index >= 15 is 0 Å². The van der Waals surface area contributed by atoms with Gasteiger partial charge in [0.2, 0.25) is 5.91 Å². The van der Waals surface area contributed by atoms with E-state index in [2.05, 4.69) is 36.7 Å². The molecule has 0 aliphatic heterocycles. The topological polar surface area (TPSA) is 70.2 Å². The van der Waals surface area contributed by atoms with Gasteiger partial charge in [0.25, 0.3) is 5.91 Å². The zero-order chi connectivity index (χ0) is 24.8. The fourth-order valence-electron chi connectivity index (χ4n) is 6.79. The number of carbonyl (C=O) groups is 2. The molecule has 0 saturated heterocycles. The minimum absolute atomic E-state index is 0.0402. The molecule has 0 unspecified atom stereocenters. The number of rotatable bonds is 4. The molecule has 4 fully saturated rings. The van der Waals surface area contributed by atoms with Gasteiger partial charge < -0.3 is 16.0 Å². The van der Waals surface area contributed by atoms with Gasteiger partial charge in [0.1, 0.15) is 0 Å². The largest absolute Gasteiger partial charge is 0.332 e. The van der Waals surface area contributed by atoms with Gasteiger partial charge in [-0.05, 0) is 110 Å². The molecular weight excluding hydrogens is 454 g/mol. The van der Waals surface area contributed by atoms with Gasteiger partial charge in [0, 0.05) is 16.9 Å². The molecule has 0 aromatic heterocycles. The molecule has 4 saturated carbocycles. The molecule has 0 heterocycles. The highest BCUT2D eigenvalue weighted by molar-refractivity contribution is 7.80. The molecule has 2 amide bonds. The predicted octanol–water partition coefficient (Wildman–Crippen LogP) is 6.27. The van der Waals surface area contributed by atoms with Crippen molar-refractivity contribution < 1.29 is 9.59 Å². The van der Waals surface area contributed by atoms with Crippen LogP contribution in [0.3, 0.4) is 0 Å². The number of carbonyl (C=O) groups excluding carboxylic acids is 2. The molecule has 184 valence electrons. The van der Waals surface area contributed by atoms with Crippen molar-refractivity contribution in [3.63, 3.8) is 0 Å². The van der Waals surface area contributed by atoms with Crippen LogP contribution in [0.15, 0.2) is 48.5 Å². The van der Waals surface area contributed by atoms with E-state index in [1.54, 1.807) is 0 Å². The van der Waals surface area contributed by atoms with Crippen molar-refractivity contribution in [1.29, 1.82) is 0 Å². The Hall–Kier alpha value is -2.73. The third kappa shape index (κ3) is 5.13. The quantitative estimate of drug-likeness (QED) is 0.443. The van der Waals surface area contributed by atoms with Gasteiger partial charge in [-0.1, -0.05) is 39.0 Å². The Morgan fingerprint density at radius 1 is 0.857 bits per heavy atom. The summed E-state index contributed by atoms with van der Waals surface area (Å²) in [4.78, 5) is 26.0.